The summed E-state index contributed by atoms with van der Waals surface area (Å²) in [6.45, 7) is 3.03. The molecular weight excluding hydrogens is 416 g/mol. The van der Waals surface area contributed by atoms with E-state index in [4.69, 9.17) is 19.8 Å². The quantitative estimate of drug-likeness (QED) is 0.192. The van der Waals surface area contributed by atoms with Gasteiger partial charge in [-0.1, -0.05) is 31.2 Å². The van der Waals surface area contributed by atoms with Crippen LogP contribution in [0.1, 0.15) is 35.9 Å². The number of carbonyl (C=O) groups is 3. The first-order valence-electron chi connectivity index (χ1n) is 9.89. The summed E-state index contributed by atoms with van der Waals surface area (Å²) >= 11 is 0. The van der Waals surface area contributed by atoms with Crippen LogP contribution in [0.25, 0.3) is 0 Å². The number of benzene rings is 2. The third kappa shape index (κ3) is 7.22. The van der Waals surface area contributed by atoms with Crippen molar-refractivity contribution in [1.29, 1.82) is 0 Å². The van der Waals surface area contributed by atoms with Crippen molar-refractivity contribution in [2.24, 2.45) is 5.92 Å². The third-order valence-corrected chi connectivity index (χ3v) is 4.49. The number of hydroxylamine groups is 1. The smallest absolute Gasteiger partial charge is 0.412 e. The minimum absolute atomic E-state index is 0.0512. The molecule has 32 heavy (non-hydrogen) atoms. The normalized spacial score (nSPS) is 12.6. The van der Waals surface area contributed by atoms with Crippen LogP contribution in [0.15, 0.2) is 60.7 Å². The highest BCUT2D eigenvalue weighted by atomic mass is 16.6. The number of ether oxygens (including phenoxy) is 2. The lowest BCUT2D eigenvalue weighted by molar-refractivity contribution is -0.124. The van der Waals surface area contributed by atoms with Gasteiger partial charge in [0.15, 0.2) is 5.78 Å². The first kappa shape index (κ1) is 24.6. The van der Waals surface area contributed by atoms with E-state index in [0.717, 1.165) is 6.08 Å². The molecule has 9 heteroatoms. The Balaban J connectivity index is 2.26. The molecule has 0 saturated heterocycles. The van der Waals surface area contributed by atoms with Gasteiger partial charge in [-0.2, -0.15) is 0 Å². The number of rotatable bonds is 10. The van der Waals surface area contributed by atoms with Crippen LogP contribution >= 0.6 is 0 Å². The zero-order valence-electron chi connectivity index (χ0n) is 17.8. The van der Waals surface area contributed by atoms with E-state index in [-0.39, 0.29) is 19.0 Å². The van der Waals surface area contributed by atoms with E-state index in [0.29, 0.717) is 22.6 Å². The minimum Gasteiger partial charge on any atom is -0.491 e. The van der Waals surface area contributed by atoms with Gasteiger partial charge in [0, 0.05) is 28.8 Å². The van der Waals surface area contributed by atoms with Gasteiger partial charge in [-0.05, 0) is 37.3 Å². The molecule has 0 aliphatic carbocycles. The molecule has 2 aromatic carbocycles. The van der Waals surface area contributed by atoms with Crippen molar-refractivity contribution < 1.29 is 34.2 Å². The van der Waals surface area contributed by atoms with Gasteiger partial charge in [-0.25, -0.2) is 10.3 Å². The van der Waals surface area contributed by atoms with Crippen molar-refractivity contribution in [3.05, 3.63) is 71.8 Å². The molecule has 0 unspecified atom stereocenters. The molecule has 0 heterocycles. The Morgan fingerprint density at radius 1 is 1.09 bits per heavy atom. The van der Waals surface area contributed by atoms with E-state index in [1.807, 2.05) is 0 Å². The molecule has 0 spiro atoms. The number of hydrogen-bond donors (Lipinski definition) is 4. The molecule has 0 bridgehead atoms. The second-order valence-electron chi connectivity index (χ2n) is 6.89. The van der Waals surface area contributed by atoms with Crippen LogP contribution in [-0.2, 0) is 9.53 Å². The van der Waals surface area contributed by atoms with Crippen molar-refractivity contribution in [1.82, 2.24) is 5.48 Å². The van der Waals surface area contributed by atoms with Gasteiger partial charge in [0.2, 0.25) is 0 Å². The lowest BCUT2D eigenvalue weighted by Crippen LogP contribution is -2.22. The number of hydrogen-bond acceptors (Lipinski definition) is 7. The minimum atomic E-state index is -0.857. The zero-order chi connectivity index (χ0) is 23.5. The SMILES string of the molecule is CC(=O)c1ccc(NC(=O)O[C@H](c2ccccc2OCCO)[C@@H](C)/C=C/C(=O)NO)cc1. The first-order valence-corrected chi connectivity index (χ1v) is 9.89. The molecule has 2 aromatic rings. The van der Waals surface area contributed by atoms with E-state index >= 15 is 0 Å². The van der Waals surface area contributed by atoms with Crippen LogP contribution in [0.4, 0.5) is 10.5 Å². The van der Waals surface area contributed by atoms with E-state index < -0.39 is 24.0 Å². The Morgan fingerprint density at radius 3 is 2.41 bits per heavy atom. The fourth-order valence-corrected chi connectivity index (χ4v) is 2.88. The van der Waals surface area contributed by atoms with Crippen LogP contribution in [0.2, 0.25) is 0 Å². The van der Waals surface area contributed by atoms with Crippen LogP contribution in [0, 0.1) is 5.92 Å². The molecule has 0 saturated carbocycles. The van der Waals surface area contributed by atoms with Crippen molar-refractivity contribution in [3.63, 3.8) is 0 Å². The highest BCUT2D eigenvalue weighted by Gasteiger charge is 2.25. The number of para-hydroxylation sites is 1. The Kier molecular flexibility index (Phi) is 9.40. The maximum atomic E-state index is 12.6. The van der Waals surface area contributed by atoms with Gasteiger partial charge in [0.05, 0.1) is 6.61 Å². The highest BCUT2D eigenvalue weighted by molar-refractivity contribution is 5.95. The summed E-state index contributed by atoms with van der Waals surface area (Å²) in [5.74, 6) is -0.893. The number of ketones is 1. The molecule has 170 valence electrons. The second kappa shape index (κ2) is 12.2. The fraction of sp³-hybridized carbons (Fsp3) is 0.261. The summed E-state index contributed by atoms with van der Waals surface area (Å²) in [6.07, 6.45) is 0.989. The van der Waals surface area contributed by atoms with Gasteiger partial charge in [-0.3, -0.25) is 20.1 Å². The van der Waals surface area contributed by atoms with E-state index in [1.54, 1.807) is 55.5 Å². The largest absolute Gasteiger partial charge is 0.491 e. The lowest BCUT2D eigenvalue weighted by Gasteiger charge is -2.24. The number of aliphatic hydroxyl groups is 1. The first-order chi connectivity index (χ1) is 15.3. The summed E-state index contributed by atoms with van der Waals surface area (Å²) in [5, 5.41) is 20.4. The number of amides is 2. The Labute approximate surface area is 185 Å². The predicted molar refractivity (Wildman–Crippen MR) is 117 cm³/mol. The molecule has 0 aliphatic rings. The highest BCUT2D eigenvalue weighted by Crippen LogP contribution is 2.34. The van der Waals surface area contributed by atoms with Gasteiger partial charge < -0.3 is 14.6 Å². The molecule has 0 aromatic heterocycles. The maximum absolute atomic E-state index is 12.6. The predicted octanol–water partition coefficient (Wildman–Crippen LogP) is 3.25. The fourth-order valence-electron chi connectivity index (χ4n) is 2.88. The van der Waals surface area contributed by atoms with Gasteiger partial charge in [0.25, 0.3) is 5.91 Å². The summed E-state index contributed by atoms with van der Waals surface area (Å²) in [7, 11) is 0. The van der Waals surface area contributed by atoms with Gasteiger partial charge >= 0.3 is 6.09 Å². The van der Waals surface area contributed by atoms with Crippen molar-refractivity contribution in [3.8, 4) is 5.75 Å². The average Bonchev–Trinajstić information content (AvgIpc) is 2.80. The monoisotopic (exact) mass is 442 g/mol. The molecular formula is C23H26N2O7. The van der Waals surface area contributed by atoms with Crippen LogP contribution in [-0.4, -0.2) is 41.3 Å². The van der Waals surface area contributed by atoms with Gasteiger partial charge in [-0.15, -0.1) is 0 Å². The second-order valence-corrected chi connectivity index (χ2v) is 6.89. The molecule has 2 atom stereocenters. The molecule has 0 aliphatic heterocycles. The molecule has 2 rings (SSSR count). The van der Waals surface area contributed by atoms with E-state index in [9.17, 15) is 14.4 Å². The summed E-state index contributed by atoms with van der Waals surface area (Å²) in [4.78, 5) is 35.4. The van der Waals surface area contributed by atoms with Crippen LogP contribution < -0.4 is 15.5 Å². The van der Waals surface area contributed by atoms with Crippen molar-refractivity contribution >= 4 is 23.5 Å². The summed E-state index contributed by atoms with van der Waals surface area (Å²) in [6, 6.07) is 13.2. The maximum Gasteiger partial charge on any atom is 0.412 e. The number of aliphatic hydroxyl groups excluding tert-OH is 1. The molecule has 0 radical (unpaired) electrons. The summed E-state index contributed by atoms with van der Waals surface area (Å²) in [5.41, 5.74) is 2.98. The average molecular weight is 442 g/mol. The van der Waals surface area contributed by atoms with Crippen LogP contribution in [0.3, 0.4) is 0 Å². The van der Waals surface area contributed by atoms with Crippen LogP contribution in [0.5, 0.6) is 5.75 Å². The Bertz CT molecular complexity index is 957. The summed E-state index contributed by atoms with van der Waals surface area (Å²) < 4.78 is 11.2. The number of anilines is 1. The molecule has 2 amide bonds. The number of nitrogens with one attached hydrogen (secondary N) is 2. The molecule has 9 nitrogen and oxygen atoms in total. The lowest BCUT2D eigenvalue weighted by atomic mass is 9.96. The Morgan fingerprint density at radius 2 is 1.78 bits per heavy atom. The standard InChI is InChI=1S/C23H26N2O7/c1-15(7-12-21(28)25-30)22(19-5-3-4-6-20(19)31-14-13-26)32-23(29)24-18-10-8-17(9-11-18)16(2)27/h3-12,15,22,26,30H,13-14H2,1-2H3,(H,24,29)(H,25,28)/b12-7+/t15-,22-/m0/s1. The Hall–Kier alpha value is -3.69. The topological polar surface area (TPSA) is 134 Å². The van der Waals surface area contributed by atoms with Crippen molar-refractivity contribution in [2.45, 2.75) is 20.0 Å². The molecule has 4 N–H and O–H groups in total. The van der Waals surface area contributed by atoms with E-state index in [1.165, 1.54) is 18.5 Å². The van der Waals surface area contributed by atoms with E-state index in [2.05, 4.69) is 5.32 Å². The van der Waals surface area contributed by atoms with Gasteiger partial charge in [0.1, 0.15) is 18.5 Å². The number of Topliss-reactive ketones (excluding diaryl/α,β-unsaturated/α-hetero) is 1. The zero-order valence-corrected chi connectivity index (χ0v) is 17.8. The molecule has 0 fully saturated rings. The third-order valence-electron chi connectivity index (χ3n) is 4.49. The van der Waals surface area contributed by atoms with Crippen molar-refractivity contribution in [2.75, 3.05) is 18.5 Å². The number of carbonyl (C=O) groups excluding carboxylic acids is 3.